The fourth-order valence-electron chi connectivity index (χ4n) is 2.08. The molecule has 132 valence electrons. The van der Waals surface area contributed by atoms with Gasteiger partial charge in [-0.2, -0.15) is 0 Å². The number of methoxy groups -OCH3 is 3. The molecule has 0 aromatic heterocycles. The summed E-state index contributed by atoms with van der Waals surface area (Å²) < 4.78 is 15.8. The second-order valence-electron chi connectivity index (χ2n) is 4.81. The molecule has 0 saturated heterocycles. The second kappa shape index (κ2) is 11.8. The van der Waals surface area contributed by atoms with Crippen molar-refractivity contribution in [3.63, 3.8) is 0 Å². The highest BCUT2D eigenvalue weighted by atomic mass is 35.5. The van der Waals surface area contributed by atoms with Gasteiger partial charge in [0.15, 0.2) is 11.5 Å². The van der Waals surface area contributed by atoms with E-state index in [2.05, 4.69) is 17.6 Å². The van der Waals surface area contributed by atoms with Gasteiger partial charge in [0.1, 0.15) is 0 Å². The molecule has 23 heavy (non-hydrogen) atoms. The normalized spacial score (nSPS) is 9.74. The molecule has 0 aliphatic heterocycles. The number of carbonyl (C=O) groups is 1. The summed E-state index contributed by atoms with van der Waals surface area (Å²) in [6.45, 7) is 4.46. The van der Waals surface area contributed by atoms with E-state index in [0.29, 0.717) is 23.8 Å². The van der Waals surface area contributed by atoms with Crippen LogP contribution in [0.3, 0.4) is 0 Å². The molecule has 1 rings (SSSR count). The van der Waals surface area contributed by atoms with E-state index < -0.39 is 0 Å². The summed E-state index contributed by atoms with van der Waals surface area (Å²) in [5.41, 5.74) is 0.813. The molecule has 0 aliphatic rings. The number of hydrogen-bond donors (Lipinski definition) is 2. The molecule has 1 amide bonds. The molecule has 0 fully saturated rings. The van der Waals surface area contributed by atoms with Crippen molar-refractivity contribution in [2.24, 2.45) is 0 Å². The number of carbonyl (C=O) groups excluding carboxylic acids is 1. The van der Waals surface area contributed by atoms with Gasteiger partial charge >= 0.3 is 0 Å². The highest BCUT2D eigenvalue weighted by Gasteiger charge is 2.14. The van der Waals surface area contributed by atoms with Gasteiger partial charge in [0.2, 0.25) is 11.7 Å². The first-order chi connectivity index (χ1) is 10.7. The summed E-state index contributed by atoms with van der Waals surface area (Å²) in [6.07, 6.45) is 1.35. The molecule has 0 aliphatic carbocycles. The fourth-order valence-corrected chi connectivity index (χ4v) is 2.08. The summed E-state index contributed by atoms with van der Waals surface area (Å²) in [5.74, 6) is 1.59. The van der Waals surface area contributed by atoms with Gasteiger partial charge in [0.05, 0.1) is 27.8 Å². The Morgan fingerprint density at radius 2 is 1.61 bits per heavy atom. The minimum absolute atomic E-state index is 0. The maximum absolute atomic E-state index is 11.9. The first-order valence-corrected chi connectivity index (χ1v) is 7.42. The van der Waals surface area contributed by atoms with Crippen LogP contribution in [0.25, 0.3) is 0 Å². The number of nitrogens with one attached hydrogen (secondary N) is 2. The maximum Gasteiger partial charge on any atom is 0.224 e. The Bertz CT molecular complexity index is 458. The lowest BCUT2D eigenvalue weighted by Gasteiger charge is -2.14. The standard InChI is InChI=1S/C16H26N2O4.ClH/c1-5-6-17-7-8-18-15(19)11-12-9-13(20-2)16(22-4)14(10-12)21-3;/h9-10,17H,5-8,11H2,1-4H3,(H,18,19);1H. The zero-order chi connectivity index (χ0) is 16.4. The van der Waals surface area contributed by atoms with Crippen molar-refractivity contribution in [1.29, 1.82) is 0 Å². The van der Waals surface area contributed by atoms with Crippen LogP contribution in [-0.2, 0) is 11.2 Å². The smallest absolute Gasteiger partial charge is 0.224 e. The van der Waals surface area contributed by atoms with Crippen molar-refractivity contribution in [2.45, 2.75) is 19.8 Å². The van der Waals surface area contributed by atoms with Crippen LogP contribution in [0.15, 0.2) is 12.1 Å². The summed E-state index contributed by atoms with van der Waals surface area (Å²) in [4.78, 5) is 11.9. The van der Waals surface area contributed by atoms with Crippen LogP contribution >= 0.6 is 12.4 Å². The van der Waals surface area contributed by atoms with Gasteiger partial charge < -0.3 is 24.8 Å². The SMILES string of the molecule is CCCNCCNC(=O)Cc1cc(OC)c(OC)c(OC)c1.Cl. The van der Waals surface area contributed by atoms with Crippen LogP contribution in [0, 0.1) is 0 Å². The van der Waals surface area contributed by atoms with E-state index in [1.54, 1.807) is 33.5 Å². The Hall–Kier alpha value is -1.66. The van der Waals surface area contributed by atoms with Crippen LogP contribution < -0.4 is 24.8 Å². The lowest BCUT2D eigenvalue weighted by molar-refractivity contribution is -0.120. The molecule has 1 aromatic carbocycles. The van der Waals surface area contributed by atoms with E-state index in [0.717, 1.165) is 25.1 Å². The van der Waals surface area contributed by atoms with Crippen molar-refractivity contribution >= 4 is 18.3 Å². The zero-order valence-corrected chi connectivity index (χ0v) is 15.0. The van der Waals surface area contributed by atoms with Crippen LogP contribution in [0.5, 0.6) is 17.2 Å². The monoisotopic (exact) mass is 346 g/mol. The third-order valence-electron chi connectivity index (χ3n) is 3.14. The summed E-state index contributed by atoms with van der Waals surface area (Å²) in [5, 5.41) is 6.11. The van der Waals surface area contributed by atoms with Crippen molar-refractivity contribution < 1.29 is 19.0 Å². The van der Waals surface area contributed by atoms with E-state index in [1.807, 2.05) is 0 Å². The largest absolute Gasteiger partial charge is 0.493 e. The minimum atomic E-state index is -0.0347. The van der Waals surface area contributed by atoms with Crippen LogP contribution in [0.1, 0.15) is 18.9 Å². The van der Waals surface area contributed by atoms with Crippen molar-refractivity contribution in [3.8, 4) is 17.2 Å². The Labute approximate surface area is 144 Å². The van der Waals surface area contributed by atoms with Gasteiger partial charge in [-0.05, 0) is 30.7 Å². The van der Waals surface area contributed by atoms with Crippen LogP contribution in [-0.4, -0.2) is 46.9 Å². The Balaban J connectivity index is 0.00000484. The molecule has 7 heteroatoms. The van der Waals surface area contributed by atoms with Crippen LogP contribution in [0.4, 0.5) is 0 Å². The van der Waals surface area contributed by atoms with Gasteiger partial charge in [-0.15, -0.1) is 12.4 Å². The molecule has 1 aromatic rings. The summed E-state index contributed by atoms with van der Waals surface area (Å²) in [6, 6.07) is 3.58. The quantitative estimate of drug-likeness (QED) is 0.632. The molecule has 0 unspecified atom stereocenters. The summed E-state index contributed by atoms with van der Waals surface area (Å²) in [7, 11) is 4.66. The maximum atomic E-state index is 11.9. The number of ether oxygens (including phenoxy) is 3. The molecular formula is C16H27ClN2O4. The average molecular weight is 347 g/mol. The van der Waals surface area contributed by atoms with Crippen LogP contribution in [0.2, 0.25) is 0 Å². The highest BCUT2D eigenvalue weighted by Crippen LogP contribution is 2.38. The first-order valence-electron chi connectivity index (χ1n) is 7.42. The molecule has 2 N–H and O–H groups in total. The Morgan fingerprint density at radius 1 is 1.00 bits per heavy atom. The van der Waals surface area contributed by atoms with E-state index in [4.69, 9.17) is 14.2 Å². The molecule has 0 radical (unpaired) electrons. The lowest BCUT2D eigenvalue weighted by Crippen LogP contribution is -2.33. The highest BCUT2D eigenvalue weighted by molar-refractivity contribution is 5.85. The van der Waals surface area contributed by atoms with Gasteiger partial charge in [0.25, 0.3) is 0 Å². The van der Waals surface area contributed by atoms with Crippen molar-refractivity contribution in [2.75, 3.05) is 41.0 Å². The average Bonchev–Trinajstić information content (AvgIpc) is 2.53. The van der Waals surface area contributed by atoms with E-state index in [-0.39, 0.29) is 24.7 Å². The molecular weight excluding hydrogens is 320 g/mol. The number of amides is 1. The number of rotatable bonds is 10. The zero-order valence-electron chi connectivity index (χ0n) is 14.2. The predicted octanol–water partition coefficient (Wildman–Crippen LogP) is 1.79. The first kappa shape index (κ1) is 21.3. The van der Waals surface area contributed by atoms with Crippen molar-refractivity contribution in [3.05, 3.63) is 17.7 Å². The van der Waals surface area contributed by atoms with Gasteiger partial charge in [-0.1, -0.05) is 6.92 Å². The number of benzene rings is 1. The number of hydrogen-bond acceptors (Lipinski definition) is 5. The summed E-state index contributed by atoms with van der Waals surface area (Å²) >= 11 is 0. The predicted molar refractivity (Wildman–Crippen MR) is 93.2 cm³/mol. The lowest BCUT2D eigenvalue weighted by atomic mass is 10.1. The molecule has 6 nitrogen and oxygen atoms in total. The molecule has 0 bridgehead atoms. The Morgan fingerprint density at radius 3 is 2.09 bits per heavy atom. The van der Waals surface area contributed by atoms with E-state index in [1.165, 1.54) is 0 Å². The van der Waals surface area contributed by atoms with Gasteiger partial charge in [-0.25, -0.2) is 0 Å². The van der Waals surface area contributed by atoms with Gasteiger partial charge in [-0.3, -0.25) is 4.79 Å². The molecule has 0 spiro atoms. The fraction of sp³-hybridized carbons (Fsp3) is 0.562. The molecule has 0 heterocycles. The second-order valence-corrected chi connectivity index (χ2v) is 4.81. The van der Waals surface area contributed by atoms with Gasteiger partial charge in [0, 0.05) is 13.1 Å². The molecule has 0 saturated carbocycles. The minimum Gasteiger partial charge on any atom is -0.493 e. The third kappa shape index (κ3) is 6.97. The molecule has 0 atom stereocenters. The van der Waals surface area contributed by atoms with E-state index >= 15 is 0 Å². The third-order valence-corrected chi connectivity index (χ3v) is 3.14. The van der Waals surface area contributed by atoms with Crippen molar-refractivity contribution in [1.82, 2.24) is 10.6 Å². The van der Waals surface area contributed by atoms with E-state index in [9.17, 15) is 4.79 Å². The topological polar surface area (TPSA) is 68.8 Å². The Kier molecular flexibility index (Phi) is 11.0. The number of halogens is 1.